The van der Waals surface area contributed by atoms with E-state index in [1.54, 1.807) is 23.2 Å². The lowest BCUT2D eigenvalue weighted by atomic mass is 10.1. The molecule has 2 aliphatic rings. The third-order valence-electron chi connectivity index (χ3n) is 7.26. The smallest absolute Gasteiger partial charge is 0.265 e. The monoisotopic (exact) mass is 569 g/mol. The van der Waals surface area contributed by atoms with Gasteiger partial charge in [0.2, 0.25) is 5.95 Å². The highest BCUT2D eigenvalue weighted by molar-refractivity contribution is 5.99. The Balaban J connectivity index is 1.30. The van der Waals surface area contributed by atoms with Crippen LogP contribution >= 0.6 is 0 Å². The van der Waals surface area contributed by atoms with Crippen LogP contribution in [0.5, 0.6) is 11.5 Å². The lowest BCUT2D eigenvalue weighted by Gasteiger charge is -2.32. The van der Waals surface area contributed by atoms with Crippen molar-refractivity contribution < 1.29 is 23.4 Å². The van der Waals surface area contributed by atoms with Crippen LogP contribution in [0.25, 0.3) is 11.3 Å². The number of hydrogen-bond acceptors (Lipinski definition) is 8. The number of amides is 1. The van der Waals surface area contributed by atoms with E-state index in [2.05, 4.69) is 15.2 Å². The first-order chi connectivity index (χ1) is 20.6. The Hall–Kier alpha value is -4.54. The fourth-order valence-electron chi connectivity index (χ4n) is 5.18. The van der Waals surface area contributed by atoms with Gasteiger partial charge in [0, 0.05) is 55.3 Å². The molecule has 3 aromatic carbocycles. The number of nitrogens with one attached hydrogen (secondary N) is 1. The van der Waals surface area contributed by atoms with E-state index in [9.17, 15) is 9.18 Å². The van der Waals surface area contributed by atoms with Gasteiger partial charge in [-0.05, 0) is 42.8 Å². The SMILES string of the molecule is CCN1C(=O)COc2c(CN3CCOCC3)cc(Nc3nccc(-c4ccc(F)cc4OCc4ccccc4)n3)cc21. The summed E-state index contributed by atoms with van der Waals surface area (Å²) < 4.78 is 31.7. The van der Waals surface area contributed by atoms with Gasteiger partial charge in [-0.3, -0.25) is 9.69 Å². The predicted octanol–water partition coefficient (Wildman–Crippen LogP) is 5.18. The predicted molar refractivity (Wildman–Crippen MR) is 158 cm³/mol. The molecule has 0 atom stereocenters. The largest absolute Gasteiger partial charge is 0.488 e. The van der Waals surface area contributed by atoms with E-state index in [0.717, 1.165) is 35.7 Å². The summed E-state index contributed by atoms with van der Waals surface area (Å²) in [7, 11) is 0. The van der Waals surface area contributed by atoms with Crippen LogP contribution in [-0.4, -0.2) is 60.2 Å². The van der Waals surface area contributed by atoms with Crippen molar-refractivity contribution >= 4 is 23.2 Å². The number of aromatic nitrogens is 2. The minimum absolute atomic E-state index is 0.0151. The lowest BCUT2D eigenvalue weighted by Crippen LogP contribution is -2.40. The number of nitrogens with zero attached hydrogens (tertiary/aromatic N) is 4. The number of halogens is 1. The zero-order valence-corrected chi connectivity index (χ0v) is 23.4. The average molecular weight is 570 g/mol. The summed E-state index contributed by atoms with van der Waals surface area (Å²) in [6.45, 7) is 6.44. The molecule has 0 saturated carbocycles. The summed E-state index contributed by atoms with van der Waals surface area (Å²) in [5, 5.41) is 3.32. The second kappa shape index (κ2) is 12.5. The van der Waals surface area contributed by atoms with E-state index in [-0.39, 0.29) is 12.5 Å². The summed E-state index contributed by atoms with van der Waals surface area (Å²) in [5.41, 5.74) is 4.61. The van der Waals surface area contributed by atoms with E-state index in [1.807, 2.05) is 49.4 Å². The molecule has 1 N–H and O–H groups in total. The molecule has 0 bridgehead atoms. The summed E-state index contributed by atoms with van der Waals surface area (Å²) in [6, 6.07) is 19.8. The van der Waals surface area contributed by atoms with Gasteiger partial charge in [0.15, 0.2) is 6.61 Å². The van der Waals surface area contributed by atoms with Gasteiger partial charge in [-0.15, -0.1) is 0 Å². The molecule has 3 heterocycles. The Bertz CT molecular complexity index is 1560. The molecule has 1 fully saturated rings. The van der Waals surface area contributed by atoms with Gasteiger partial charge in [0.1, 0.15) is 23.9 Å². The van der Waals surface area contributed by atoms with Gasteiger partial charge < -0.3 is 24.4 Å². The molecule has 0 spiro atoms. The summed E-state index contributed by atoms with van der Waals surface area (Å²) in [6.07, 6.45) is 1.65. The molecular formula is C32H32FN5O4. The Morgan fingerprint density at radius 1 is 1.05 bits per heavy atom. The van der Waals surface area contributed by atoms with Crippen LogP contribution in [0.3, 0.4) is 0 Å². The maximum absolute atomic E-state index is 14.2. The third-order valence-corrected chi connectivity index (χ3v) is 7.26. The number of fused-ring (bicyclic) bond motifs is 1. The highest BCUT2D eigenvalue weighted by atomic mass is 19.1. The molecule has 1 aromatic heterocycles. The quantitative estimate of drug-likeness (QED) is 0.295. The second-order valence-corrected chi connectivity index (χ2v) is 10.1. The molecule has 216 valence electrons. The normalized spacial score (nSPS) is 15.2. The highest BCUT2D eigenvalue weighted by Gasteiger charge is 2.28. The van der Waals surface area contributed by atoms with Crippen LogP contribution in [0.15, 0.2) is 72.9 Å². The number of likely N-dealkylation sites (N-methyl/N-ethyl adjacent to an activating group) is 1. The standard InChI is InChI=1S/C32H32FN5O4/c1-2-38-28-18-25(16-23(31(28)42-21-30(38)39)19-37-12-14-40-15-13-37)35-32-34-11-10-27(36-32)26-9-8-24(33)17-29(26)41-20-22-6-4-3-5-7-22/h3-11,16-18H,2,12-15,19-21H2,1H3,(H,34,35,36). The molecule has 42 heavy (non-hydrogen) atoms. The molecule has 6 rings (SSSR count). The van der Waals surface area contributed by atoms with Gasteiger partial charge in [0.05, 0.1) is 24.6 Å². The van der Waals surface area contributed by atoms with Gasteiger partial charge >= 0.3 is 0 Å². The molecule has 0 unspecified atom stereocenters. The van der Waals surface area contributed by atoms with Crippen LogP contribution in [0.1, 0.15) is 18.1 Å². The van der Waals surface area contributed by atoms with E-state index < -0.39 is 5.82 Å². The van der Waals surface area contributed by atoms with Crippen LogP contribution < -0.4 is 19.7 Å². The molecular weight excluding hydrogens is 537 g/mol. The van der Waals surface area contributed by atoms with Crippen LogP contribution in [-0.2, 0) is 22.7 Å². The number of rotatable bonds is 9. The van der Waals surface area contributed by atoms with Crippen molar-refractivity contribution in [1.29, 1.82) is 0 Å². The number of anilines is 3. The minimum Gasteiger partial charge on any atom is -0.488 e. The maximum atomic E-state index is 14.2. The van der Waals surface area contributed by atoms with Gasteiger partial charge in [-0.25, -0.2) is 14.4 Å². The first-order valence-electron chi connectivity index (χ1n) is 14.0. The fraction of sp³-hybridized carbons (Fsp3) is 0.281. The molecule has 4 aromatic rings. The molecule has 1 saturated heterocycles. The molecule has 0 radical (unpaired) electrons. The Kier molecular flexibility index (Phi) is 8.25. The minimum atomic E-state index is -0.395. The van der Waals surface area contributed by atoms with Crippen LogP contribution in [0.2, 0.25) is 0 Å². The first-order valence-corrected chi connectivity index (χ1v) is 14.0. The van der Waals surface area contributed by atoms with Crippen molar-refractivity contribution in [3.63, 3.8) is 0 Å². The van der Waals surface area contributed by atoms with Crippen molar-refractivity contribution in [3.8, 4) is 22.8 Å². The molecule has 9 nitrogen and oxygen atoms in total. The van der Waals surface area contributed by atoms with Crippen LogP contribution in [0.4, 0.5) is 21.7 Å². The van der Waals surface area contributed by atoms with E-state index in [0.29, 0.717) is 61.6 Å². The van der Waals surface area contributed by atoms with Crippen molar-refractivity contribution in [2.45, 2.75) is 20.1 Å². The zero-order valence-electron chi connectivity index (χ0n) is 23.4. The number of morpholine rings is 1. The average Bonchev–Trinajstić information content (AvgIpc) is 3.01. The zero-order chi connectivity index (χ0) is 28.9. The van der Waals surface area contributed by atoms with E-state index in [1.165, 1.54) is 12.1 Å². The topological polar surface area (TPSA) is 89.1 Å². The number of ether oxygens (including phenoxy) is 3. The fourth-order valence-corrected chi connectivity index (χ4v) is 5.18. The highest BCUT2D eigenvalue weighted by Crippen LogP contribution is 2.40. The molecule has 10 heteroatoms. The molecule has 1 amide bonds. The van der Waals surface area contributed by atoms with Crippen LogP contribution in [0, 0.1) is 5.82 Å². The van der Waals surface area contributed by atoms with Gasteiger partial charge in [-0.1, -0.05) is 30.3 Å². The Morgan fingerprint density at radius 2 is 1.88 bits per heavy atom. The first kappa shape index (κ1) is 27.6. The van der Waals surface area contributed by atoms with E-state index in [4.69, 9.17) is 19.2 Å². The van der Waals surface area contributed by atoms with Crippen molar-refractivity contribution in [2.24, 2.45) is 0 Å². The van der Waals surface area contributed by atoms with Gasteiger partial charge in [0.25, 0.3) is 5.91 Å². The lowest BCUT2D eigenvalue weighted by molar-refractivity contribution is -0.121. The Labute approximate surface area is 243 Å². The maximum Gasteiger partial charge on any atom is 0.265 e. The number of hydrogen-bond donors (Lipinski definition) is 1. The summed E-state index contributed by atoms with van der Waals surface area (Å²) >= 11 is 0. The van der Waals surface area contributed by atoms with Crippen molar-refractivity contribution in [3.05, 3.63) is 89.9 Å². The van der Waals surface area contributed by atoms with E-state index >= 15 is 0 Å². The summed E-state index contributed by atoms with van der Waals surface area (Å²) in [5.74, 6) is 0.980. The summed E-state index contributed by atoms with van der Waals surface area (Å²) in [4.78, 5) is 25.9. The second-order valence-electron chi connectivity index (χ2n) is 10.1. The molecule has 0 aliphatic carbocycles. The number of carbonyl (C=O) groups excluding carboxylic acids is 1. The number of carbonyl (C=O) groups is 1. The van der Waals surface area contributed by atoms with Gasteiger partial charge in [-0.2, -0.15) is 0 Å². The third kappa shape index (κ3) is 6.19. The Morgan fingerprint density at radius 3 is 2.69 bits per heavy atom. The van der Waals surface area contributed by atoms with Crippen molar-refractivity contribution in [2.75, 3.05) is 49.7 Å². The van der Waals surface area contributed by atoms with Crippen molar-refractivity contribution in [1.82, 2.24) is 14.9 Å². The number of benzene rings is 3. The molecule has 2 aliphatic heterocycles.